The lowest BCUT2D eigenvalue weighted by Crippen LogP contribution is -2.50. The molecule has 1 aliphatic heterocycles. The number of hydrogen-bond donors (Lipinski definition) is 0. The average molecular weight is 531 g/mol. The Morgan fingerprint density at radius 3 is 2.03 bits per heavy atom. The number of carbonyl (C=O) groups is 1. The lowest BCUT2D eigenvalue weighted by atomic mass is 10.1. The number of rotatable bonds is 11. The van der Waals surface area contributed by atoms with Crippen molar-refractivity contribution in [1.82, 2.24) is 0 Å². The number of carbonyl (C=O) groups excluding carboxylic acids is 1. The Balaban J connectivity index is 1.87. The second kappa shape index (κ2) is 12.7. The van der Waals surface area contributed by atoms with Crippen molar-refractivity contribution in [2.24, 2.45) is 0 Å². The van der Waals surface area contributed by atoms with Gasteiger partial charge < -0.3 is 18.6 Å². The highest BCUT2D eigenvalue weighted by atomic mass is 32.2. The van der Waals surface area contributed by atoms with E-state index in [0.29, 0.717) is 28.8 Å². The van der Waals surface area contributed by atoms with Gasteiger partial charge in [-0.05, 0) is 47.8 Å². The van der Waals surface area contributed by atoms with Crippen LogP contribution in [0.15, 0.2) is 59.5 Å². The minimum atomic E-state index is -2.13. The summed E-state index contributed by atoms with van der Waals surface area (Å²) in [5, 5.41) is 0. The van der Waals surface area contributed by atoms with Crippen LogP contribution in [0.4, 0.5) is 0 Å². The van der Waals surface area contributed by atoms with E-state index in [1.165, 1.54) is 5.56 Å². The number of esters is 1. The summed E-state index contributed by atoms with van der Waals surface area (Å²) in [6, 6.07) is 17.4. The van der Waals surface area contributed by atoms with Gasteiger partial charge in [-0.25, -0.2) is 4.79 Å². The first-order valence-electron chi connectivity index (χ1n) is 12.9. The van der Waals surface area contributed by atoms with Gasteiger partial charge in [0.05, 0.1) is 12.2 Å². The van der Waals surface area contributed by atoms with Crippen LogP contribution in [0.25, 0.3) is 0 Å². The van der Waals surface area contributed by atoms with Gasteiger partial charge in [-0.3, -0.25) is 0 Å². The molecular formula is C29H42O5SSi. The van der Waals surface area contributed by atoms with Crippen molar-refractivity contribution in [2.75, 3.05) is 13.7 Å². The van der Waals surface area contributed by atoms with Gasteiger partial charge >= 0.3 is 5.97 Å². The maximum absolute atomic E-state index is 13.1. The number of ether oxygens (including phenoxy) is 3. The maximum atomic E-state index is 13.1. The summed E-state index contributed by atoms with van der Waals surface area (Å²) in [6.45, 7) is 16.0. The van der Waals surface area contributed by atoms with Crippen LogP contribution in [0.2, 0.25) is 16.6 Å². The minimum Gasteiger partial charge on any atom is -0.453 e. The minimum absolute atomic E-state index is 0.326. The van der Waals surface area contributed by atoms with Gasteiger partial charge in [-0.1, -0.05) is 89.2 Å². The van der Waals surface area contributed by atoms with Crippen LogP contribution in [0.1, 0.15) is 57.5 Å². The smallest absolute Gasteiger partial charge is 0.338 e. The summed E-state index contributed by atoms with van der Waals surface area (Å²) >= 11 is 1.59. The molecule has 7 heteroatoms. The van der Waals surface area contributed by atoms with Crippen molar-refractivity contribution in [3.8, 4) is 0 Å². The first-order valence-corrected chi connectivity index (χ1v) is 15.9. The molecule has 0 aromatic heterocycles. The molecule has 0 aliphatic carbocycles. The zero-order chi connectivity index (χ0) is 26.5. The van der Waals surface area contributed by atoms with Crippen LogP contribution in [-0.4, -0.2) is 51.8 Å². The monoisotopic (exact) mass is 530 g/mol. The predicted octanol–water partition coefficient (Wildman–Crippen LogP) is 7.24. The molecular weight excluding hydrogens is 488 g/mol. The lowest BCUT2D eigenvalue weighted by Gasteiger charge is -2.43. The van der Waals surface area contributed by atoms with Crippen molar-refractivity contribution < 1.29 is 23.4 Å². The Morgan fingerprint density at radius 1 is 0.917 bits per heavy atom. The fourth-order valence-electron chi connectivity index (χ4n) is 5.55. The van der Waals surface area contributed by atoms with Crippen LogP contribution < -0.4 is 0 Å². The predicted molar refractivity (Wildman–Crippen MR) is 149 cm³/mol. The topological polar surface area (TPSA) is 54.0 Å². The number of benzene rings is 2. The largest absolute Gasteiger partial charge is 0.453 e. The first kappa shape index (κ1) is 28.9. The van der Waals surface area contributed by atoms with Crippen LogP contribution in [-0.2, 0) is 18.6 Å². The van der Waals surface area contributed by atoms with E-state index in [2.05, 4.69) is 72.7 Å². The molecule has 4 atom stereocenters. The van der Waals surface area contributed by atoms with Crippen LogP contribution in [0, 0.1) is 6.92 Å². The molecule has 2 aromatic rings. The maximum Gasteiger partial charge on any atom is 0.338 e. The molecule has 0 spiro atoms. The molecule has 2 aromatic carbocycles. The zero-order valence-electron chi connectivity index (χ0n) is 22.9. The number of hydrogen-bond acceptors (Lipinski definition) is 6. The van der Waals surface area contributed by atoms with Crippen molar-refractivity contribution >= 4 is 26.0 Å². The molecule has 36 heavy (non-hydrogen) atoms. The molecule has 1 saturated heterocycles. The Bertz CT molecular complexity index is 942. The first-order chi connectivity index (χ1) is 17.1. The fraction of sp³-hybridized carbons (Fsp3) is 0.552. The van der Waals surface area contributed by atoms with Crippen LogP contribution >= 0.6 is 11.8 Å². The third kappa shape index (κ3) is 6.43. The van der Waals surface area contributed by atoms with Gasteiger partial charge in [0.15, 0.2) is 14.4 Å². The third-order valence-corrected chi connectivity index (χ3v) is 14.5. The SMILES string of the molecule is CO[C@@H]1[C@H](OC(=O)c2ccccc2)[C@@H](CO[Si](C(C)C)(C(C)C)C(C)C)O[C@H]1Sc1ccc(C)cc1. The third-order valence-electron chi connectivity index (χ3n) is 7.27. The molecule has 1 fully saturated rings. The van der Waals surface area contributed by atoms with Crippen molar-refractivity contribution in [2.45, 2.75) is 93.7 Å². The molecule has 0 N–H and O–H groups in total. The summed E-state index contributed by atoms with van der Waals surface area (Å²) in [7, 11) is -0.480. The molecule has 0 radical (unpaired) electrons. The molecule has 0 amide bonds. The van der Waals surface area contributed by atoms with Gasteiger partial charge in [-0.15, -0.1) is 0 Å². The van der Waals surface area contributed by atoms with Crippen molar-refractivity contribution in [3.05, 3.63) is 65.7 Å². The highest BCUT2D eigenvalue weighted by molar-refractivity contribution is 7.99. The van der Waals surface area contributed by atoms with Crippen LogP contribution in [0.5, 0.6) is 0 Å². The van der Waals surface area contributed by atoms with Gasteiger partial charge in [0.2, 0.25) is 0 Å². The van der Waals surface area contributed by atoms with E-state index in [0.717, 1.165) is 4.90 Å². The fourth-order valence-corrected chi connectivity index (χ4v) is 12.2. The van der Waals surface area contributed by atoms with Crippen molar-refractivity contribution in [3.63, 3.8) is 0 Å². The second-order valence-corrected chi connectivity index (χ2v) is 17.2. The van der Waals surface area contributed by atoms with E-state index in [1.807, 2.05) is 18.2 Å². The molecule has 198 valence electrons. The molecule has 0 saturated carbocycles. The average Bonchev–Trinajstić information content (AvgIpc) is 3.16. The molecule has 5 nitrogen and oxygen atoms in total. The Hall–Kier alpha value is -1.64. The highest BCUT2D eigenvalue weighted by Gasteiger charge is 2.51. The van der Waals surface area contributed by atoms with Gasteiger partial charge in [-0.2, -0.15) is 0 Å². The molecule has 0 unspecified atom stereocenters. The number of thioether (sulfide) groups is 1. The zero-order valence-corrected chi connectivity index (χ0v) is 24.7. The summed E-state index contributed by atoms with van der Waals surface area (Å²) < 4.78 is 25.4. The van der Waals surface area contributed by atoms with E-state index in [9.17, 15) is 4.79 Å². The second-order valence-electron chi connectivity index (χ2n) is 10.5. The molecule has 1 aliphatic rings. The summed E-state index contributed by atoms with van der Waals surface area (Å²) in [4.78, 5) is 14.1. The Kier molecular flexibility index (Phi) is 10.2. The summed E-state index contributed by atoms with van der Waals surface area (Å²) in [5.74, 6) is -0.377. The summed E-state index contributed by atoms with van der Waals surface area (Å²) in [6.07, 6.45) is -1.43. The van der Waals surface area contributed by atoms with E-state index in [4.69, 9.17) is 18.6 Å². The number of methoxy groups -OCH3 is 1. The molecule has 1 heterocycles. The van der Waals surface area contributed by atoms with E-state index >= 15 is 0 Å². The van der Waals surface area contributed by atoms with Gasteiger partial charge in [0.1, 0.15) is 17.6 Å². The number of aryl methyl sites for hydroxylation is 1. The Morgan fingerprint density at radius 2 is 1.50 bits per heavy atom. The lowest BCUT2D eigenvalue weighted by molar-refractivity contribution is -0.0377. The van der Waals surface area contributed by atoms with Crippen molar-refractivity contribution in [1.29, 1.82) is 0 Å². The van der Waals surface area contributed by atoms with Gasteiger partial charge in [0.25, 0.3) is 0 Å². The molecule has 0 bridgehead atoms. The van der Waals surface area contributed by atoms with E-state index in [-0.39, 0.29) is 11.4 Å². The van der Waals surface area contributed by atoms with Gasteiger partial charge in [0, 0.05) is 12.0 Å². The van der Waals surface area contributed by atoms with E-state index < -0.39 is 26.6 Å². The quantitative estimate of drug-likeness (QED) is 0.225. The highest BCUT2D eigenvalue weighted by Crippen LogP contribution is 2.44. The van der Waals surface area contributed by atoms with E-state index in [1.54, 1.807) is 31.0 Å². The standard InChI is InChI=1S/C29H42O5SSi/c1-19(2)36(20(3)4,21(5)6)32-18-25-26(34-28(30)23-12-10-9-11-13-23)27(31-8)29(33-25)35-24-16-14-22(7)15-17-24/h9-17,19-21,25-27,29H,18H2,1-8H3/t25-,26-,27-,29+/m1/s1. The summed E-state index contributed by atoms with van der Waals surface area (Å²) in [5.41, 5.74) is 2.72. The Labute approximate surface area is 222 Å². The normalized spacial score (nSPS) is 22.5. The molecule has 3 rings (SSSR count). The van der Waals surface area contributed by atoms with Crippen LogP contribution in [0.3, 0.4) is 0 Å².